The van der Waals surface area contributed by atoms with Gasteiger partial charge < -0.3 is 40.2 Å². The van der Waals surface area contributed by atoms with Crippen molar-refractivity contribution in [3.05, 3.63) is 0 Å². The Labute approximate surface area is 191 Å². The average molecular weight is 456 g/mol. The van der Waals surface area contributed by atoms with Crippen LogP contribution in [0.15, 0.2) is 0 Å². The van der Waals surface area contributed by atoms with Gasteiger partial charge in [0, 0.05) is 0 Å². The van der Waals surface area contributed by atoms with Crippen LogP contribution in [0.5, 0.6) is 0 Å². The van der Waals surface area contributed by atoms with Gasteiger partial charge in [-0.05, 0) is 0 Å². The number of carbonyl (C=O) groups excluding carboxylic acids is 2. The van der Waals surface area contributed by atoms with E-state index in [1.54, 1.807) is 0 Å². The molecule has 0 radical (unpaired) electrons. The third-order valence-electron chi connectivity index (χ3n) is 3.25. The van der Waals surface area contributed by atoms with Crippen molar-refractivity contribution in [3.63, 3.8) is 0 Å². The number of carboxylic acids is 2. The summed E-state index contributed by atoms with van der Waals surface area (Å²) in [5, 5.41) is 52.9. The van der Waals surface area contributed by atoms with Gasteiger partial charge in [-0.1, -0.05) is 90.9 Å². The summed E-state index contributed by atoms with van der Waals surface area (Å²) in [4.78, 5) is 18.0. The molecule has 0 atom stereocenters. The molecule has 0 rings (SSSR count). The van der Waals surface area contributed by atoms with Crippen molar-refractivity contribution < 1.29 is 61.9 Å². The van der Waals surface area contributed by atoms with Crippen LogP contribution in [-0.2, 0) is 31.3 Å². The number of aliphatic hydroxyl groups excluding tert-OH is 2. The molecule has 0 amide bonds. The number of carbonyl (C=O) groups is 2. The van der Waals surface area contributed by atoms with Crippen LogP contribution in [-0.4, -0.2) is 48.6 Å². The number of hydrogen-bond donors (Lipinski definition) is 2. The van der Waals surface area contributed by atoms with Crippen molar-refractivity contribution in [3.8, 4) is 0 Å². The zero-order valence-corrected chi connectivity index (χ0v) is 19.7. The zero-order valence-electron chi connectivity index (χ0n) is 18.2. The molecule has 0 bridgehead atoms. The fourth-order valence-electron chi connectivity index (χ4n) is 1.76. The predicted molar refractivity (Wildman–Crippen MR) is 101 cm³/mol. The van der Waals surface area contributed by atoms with Crippen LogP contribution in [0.2, 0.25) is 0 Å². The van der Waals surface area contributed by atoms with Gasteiger partial charge in [0.05, 0.1) is 25.2 Å². The third-order valence-corrected chi connectivity index (χ3v) is 3.25. The number of aliphatic hydroxyl groups is 2. The van der Waals surface area contributed by atoms with Gasteiger partial charge >= 0.3 is 21.7 Å². The van der Waals surface area contributed by atoms with E-state index in [0.717, 1.165) is 25.7 Å². The molecule has 0 aliphatic rings. The smallest absolute Gasteiger partial charge is 0.854 e. The molecule has 0 aromatic carbocycles. The van der Waals surface area contributed by atoms with Gasteiger partial charge in [0.2, 0.25) is 0 Å². The molecule has 0 aromatic rings. The molecule has 0 saturated carbocycles. The van der Waals surface area contributed by atoms with Gasteiger partial charge in [0.25, 0.3) is 0 Å². The Morgan fingerprint density at radius 1 is 0.586 bits per heavy atom. The number of rotatable bonds is 14. The molecule has 0 saturated heterocycles. The van der Waals surface area contributed by atoms with E-state index in [-0.39, 0.29) is 34.9 Å². The molecule has 8 nitrogen and oxygen atoms in total. The predicted octanol–water partition coefficient (Wildman–Crippen LogP) is -1.13. The van der Waals surface area contributed by atoms with Crippen molar-refractivity contribution in [1.82, 2.24) is 0 Å². The summed E-state index contributed by atoms with van der Waals surface area (Å²) in [6, 6.07) is 0. The molecule has 0 aliphatic heterocycles. The van der Waals surface area contributed by atoms with Crippen LogP contribution < -0.4 is 20.4 Å². The number of carboxylic acid groups (broad SMARTS) is 2. The van der Waals surface area contributed by atoms with Crippen LogP contribution in [0.3, 0.4) is 0 Å². The van der Waals surface area contributed by atoms with Gasteiger partial charge in [-0.25, -0.2) is 0 Å². The Bertz CT molecular complexity index is 252. The molecule has 0 aliphatic carbocycles. The first-order chi connectivity index (χ1) is 13.4. The molecule has 29 heavy (non-hydrogen) atoms. The van der Waals surface area contributed by atoms with Crippen LogP contribution in [0.25, 0.3) is 0 Å². The fraction of sp³-hybridized carbons (Fsp3) is 0.900. The minimum atomic E-state index is -1.44. The normalized spacial score (nSPS) is 8.76. The summed E-state index contributed by atoms with van der Waals surface area (Å²) >= 11 is 0. The van der Waals surface area contributed by atoms with Crippen LogP contribution >= 0.6 is 0 Å². The van der Waals surface area contributed by atoms with Crippen molar-refractivity contribution >= 4 is 11.9 Å². The topological polar surface area (TPSA) is 167 Å². The minimum Gasteiger partial charge on any atom is -0.854 e. The van der Waals surface area contributed by atoms with E-state index < -0.39 is 25.2 Å². The van der Waals surface area contributed by atoms with E-state index in [1.807, 2.05) is 0 Å². The number of hydrogen-bond acceptors (Lipinski definition) is 8. The maximum Gasteiger partial charge on any atom is 4.00 e. The van der Waals surface area contributed by atoms with Gasteiger partial charge in [-0.2, -0.15) is 0 Å². The molecule has 0 aromatic heterocycles. The summed E-state index contributed by atoms with van der Waals surface area (Å²) in [5.74, 6) is -2.88. The summed E-state index contributed by atoms with van der Waals surface area (Å²) in [5.41, 5.74) is 0. The third kappa shape index (κ3) is 74.4. The summed E-state index contributed by atoms with van der Waals surface area (Å²) in [6.07, 6.45) is 14.4. The molecule has 0 unspecified atom stereocenters. The molecule has 9 heteroatoms. The van der Waals surface area contributed by atoms with Crippen LogP contribution in [0, 0.1) is 0 Å². The molecule has 0 spiro atoms. The Balaban J connectivity index is -0.0000000907. The first-order valence-electron chi connectivity index (χ1n) is 10.1. The molecular weight excluding hydrogens is 416 g/mol. The fourth-order valence-corrected chi connectivity index (χ4v) is 1.76. The summed E-state index contributed by atoms with van der Waals surface area (Å²) in [7, 11) is 0. The van der Waals surface area contributed by atoms with Gasteiger partial charge in [0.1, 0.15) is 0 Å². The molecule has 2 N–H and O–H groups in total. The Morgan fingerprint density at radius 2 is 0.793 bits per heavy atom. The average Bonchev–Trinajstić information content (AvgIpc) is 2.69. The van der Waals surface area contributed by atoms with Gasteiger partial charge in [0.15, 0.2) is 0 Å². The van der Waals surface area contributed by atoms with E-state index in [4.69, 9.17) is 30.0 Å². The minimum absolute atomic E-state index is 0. The monoisotopic (exact) mass is 456 g/mol. The second kappa shape index (κ2) is 41.8. The van der Waals surface area contributed by atoms with E-state index in [1.165, 1.54) is 51.4 Å². The van der Waals surface area contributed by atoms with E-state index in [2.05, 4.69) is 13.8 Å². The molecule has 172 valence electrons. The van der Waals surface area contributed by atoms with Crippen molar-refractivity contribution in [2.75, 3.05) is 26.4 Å². The quantitative estimate of drug-likeness (QED) is 0.245. The maximum atomic E-state index is 9.96. The van der Waals surface area contributed by atoms with E-state index in [9.17, 15) is 10.2 Å². The Morgan fingerprint density at radius 3 is 0.966 bits per heavy atom. The Kier molecular flexibility index (Phi) is 56.2. The molecule has 0 fully saturated rings. The van der Waals surface area contributed by atoms with E-state index >= 15 is 0 Å². The summed E-state index contributed by atoms with van der Waals surface area (Å²) in [6.45, 7) is 2.86. The Hall–Kier alpha value is -0.506. The first kappa shape index (κ1) is 39.0. The number of unbranched alkanes of at least 4 members (excludes halogenated alkanes) is 10. The van der Waals surface area contributed by atoms with Crippen LogP contribution in [0.4, 0.5) is 0 Å². The van der Waals surface area contributed by atoms with Crippen molar-refractivity contribution in [2.24, 2.45) is 0 Å². The molecule has 0 heterocycles. The molecular formula is C20H40O8Ti. The second-order valence-electron chi connectivity index (χ2n) is 6.00. The van der Waals surface area contributed by atoms with Crippen LogP contribution in [0.1, 0.15) is 90.9 Å². The summed E-state index contributed by atoms with van der Waals surface area (Å²) < 4.78 is 0. The maximum absolute atomic E-state index is 9.96. The zero-order chi connectivity index (χ0) is 22.5. The van der Waals surface area contributed by atoms with Crippen molar-refractivity contribution in [2.45, 2.75) is 90.9 Å². The second-order valence-corrected chi connectivity index (χ2v) is 6.00. The van der Waals surface area contributed by atoms with E-state index in [0.29, 0.717) is 0 Å². The first-order valence-corrected chi connectivity index (χ1v) is 10.1. The SMILES string of the molecule is CCCCCCCC[O-].CCCCCCCC[O-].O=C([O-])CO.O=C([O-])CO.[Ti+4]. The van der Waals surface area contributed by atoms with Gasteiger partial charge in [-0.15, -0.1) is 13.2 Å². The van der Waals surface area contributed by atoms with Crippen molar-refractivity contribution in [1.29, 1.82) is 0 Å². The van der Waals surface area contributed by atoms with Gasteiger partial charge in [-0.3, -0.25) is 0 Å². The largest absolute Gasteiger partial charge is 4.00 e. The standard InChI is InChI=1S/2C8H17O.2C2H4O3.Ti/c2*1-2-3-4-5-6-7-8-9;2*3-1-2(4)5;/h2*2-8H2,1H3;2*3H,1H2,(H,4,5);/q2*-1;;;+4/p-2. The number of aliphatic carboxylic acids is 2.